The Labute approximate surface area is 145 Å². The van der Waals surface area contributed by atoms with Crippen LogP contribution in [0.25, 0.3) is 0 Å². The van der Waals surface area contributed by atoms with Gasteiger partial charge in [0.15, 0.2) is 0 Å². The van der Waals surface area contributed by atoms with Crippen molar-refractivity contribution in [1.82, 2.24) is 14.8 Å². The van der Waals surface area contributed by atoms with Crippen molar-refractivity contribution < 1.29 is 19.1 Å². The van der Waals surface area contributed by atoms with Crippen LogP contribution in [0.1, 0.15) is 36.3 Å². The number of morpholine rings is 1. The standard InChI is InChI=1S/C16H23N3O4S/c1-11-17-12(7-24-11)13(20)19-9-16(10-19)8-18(5-6-22-16)14(21)23-15(2,3)4/h7H,5-6,8-10H2,1-4H3. The molecule has 0 N–H and O–H groups in total. The average molecular weight is 353 g/mol. The first kappa shape index (κ1) is 17.2. The molecule has 24 heavy (non-hydrogen) atoms. The Morgan fingerprint density at radius 3 is 2.54 bits per heavy atom. The minimum Gasteiger partial charge on any atom is -0.444 e. The van der Waals surface area contributed by atoms with Crippen LogP contribution in [0, 0.1) is 6.92 Å². The normalized spacial score (nSPS) is 20.0. The molecule has 2 aliphatic rings. The number of thiazole rings is 1. The van der Waals surface area contributed by atoms with Crippen molar-refractivity contribution in [3.05, 3.63) is 16.1 Å². The highest BCUT2D eigenvalue weighted by Gasteiger charge is 2.50. The van der Waals surface area contributed by atoms with Crippen LogP contribution in [0.5, 0.6) is 0 Å². The van der Waals surface area contributed by atoms with Gasteiger partial charge in [0.25, 0.3) is 5.91 Å². The van der Waals surface area contributed by atoms with Gasteiger partial charge in [-0.1, -0.05) is 0 Å². The number of hydrogen-bond acceptors (Lipinski definition) is 6. The average Bonchev–Trinajstić information content (AvgIpc) is 2.89. The van der Waals surface area contributed by atoms with Crippen molar-refractivity contribution in [1.29, 1.82) is 0 Å². The topological polar surface area (TPSA) is 72.0 Å². The molecule has 0 aliphatic carbocycles. The number of rotatable bonds is 1. The lowest BCUT2D eigenvalue weighted by molar-refractivity contribution is -0.168. The molecule has 0 atom stereocenters. The highest BCUT2D eigenvalue weighted by atomic mass is 32.1. The minimum atomic E-state index is -0.521. The fourth-order valence-corrected chi connectivity index (χ4v) is 3.52. The smallest absolute Gasteiger partial charge is 0.410 e. The van der Waals surface area contributed by atoms with E-state index in [1.54, 1.807) is 15.2 Å². The summed E-state index contributed by atoms with van der Waals surface area (Å²) in [7, 11) is 0. The Kier molecular flexibility index (Phi) is 4.29. The van der Waals surface area contributed by atoms with Gasteiger partial charge in [0.05, 0.1) is 31.2 Å². The van der Waals surface area contributed by atoms with Gasteiger partial charge in [-0.05, 0) is 27.7 Å². The molecule has 2 saturated heterocycles. The molecule has 7 nitrogen and oxygen atoms in total. The number of ether oxygens (including phenoxy) is 2. The van der Waals surface area contributed by atoms with Gasteiger partial charge in [-0.15, -0.1) is 11.3 Å². The third-order valence-corrected chi connectivity index (χ3v) is 4.76. The number of hydrogen-bond donors (Lipinski definition) is 0. The van der Waals surface area contributed by atoms with Crippen molar-refractivity contribution in [3.8, 4) is 0 Å². The van der Waals surface area contributed by atoms with E-state index in [0.29, 0.717) is 38.5 Å². The maximum Gasteiger partial charge on any atom is 0.410 e. The zero-order valence-corrected chi connectivity index (χ0v) is 15.3. The maximum atomic E-state index is 12.4. The lowest BCUT2D eigenvalue weighted by Gasteiger charge is -2.53. The van der Waals surface area contributed by atoms with E-state index in [9.17, 15) is 9.59 Å². The Bertz CT molecular complexity index is 646. The van der Waals surface area contributed by atoms with Crippen LogP contribution in [-0.4, -0.2) is 70.8 Å². The van der Waals surface area contributed by atoms with Crippen LogP contribution < -0.4 is 0 Å². The van der Waals surface area contributed by atoms with Crippen LogP contribution >= 0.6 is 11.3 Å². The van der Waals surface area contributed by atoms with E-state index in [-0.39, 0.29) is 12.0 Å². The first-order valence-electron chi connectivity index (χ1n) is 8.01. The van der Waals surface area contributed by atoms with E-state index in [2.05, 4.69) is 4.98 Å². The number of aryl methyl sites for hydroxylation is 1. The van der Waals surface area contributed by atoms with Crippen LogP contribution in [0.2, 0.25) is 0 Å². The Hall–Kier alpha value is -1.67. The van der Waals surface area contributed by atoms with Gasteiger partial charge in [0.2, 0.25) is 0 Å². The molecule has 0 radical (unpaired) electrons. The number of aromatic nitrogens is 1. The van der Waals surface area contributed by atoms with Crippen LogP contribution in [-0.2, 0) is 9.47 Å². The van der Waals surface area contributed by atoms with Crippen LogP contribution in [0.15, 0.2) is 5.38 Å². The molecular weight excluding hydrogens is 330 g/mol. The van der Waals surface area contributed by atoms with E-state index < -0.39 is 11.2 Å². The summed E-state index contributed by atoms with van der Waals surface area (Å²) in [4.78, 5) is 32.2. The van der Waals surface area contributed by atoms with Gasteiger partial charge < -0.3 is 19.3 Å². The number of carbonyl (C=O) groups is 2. The summed E-state index contributed by atoms with van der Waals surface area (Å²) in [5.41, 5.74) is -0.519. The van der Waals surface area contributed by atoms with Crippen molar-refractivity contribution in [2.75, 3.05) is 32.8 Å². The molecule has 3 rings (SSSR count). The van der Waals surface area contributed by atoms with E-state index >= 15 is 0 Å². The van der Waals surface area contributed by atoms with Crippen molar-refractivity contribution in [2.24, 2.45) is 0 Å². The van der Waals surface area contributed by atoms with Crippen molar-refractivity contribution in [2.45, 2.75) is 38.9 Å². The molecule has 2 aliphatic heterocycles. The highest BCUT2D eigenvalue weighted by Crippen LogP contribution is 2.31. The number of likely N-dealkylation sites (tertiary alicyclic amines) is 1. The molecule has 0 aromatic carbocycles. The summed E-state index contributed by atoms with van der Waals surface area (Å²) in [5, 5.41) is 2.65. The summed E-state index contributed by atoms with van der Waals surface area (Å²) in [6.07, 6.45) is -0.329. The molecular formula is C16H23N3O4S. The van der Waals surface area contributed by atoms with E-state index in [1.807, 2.05) is 27.7 Å². The molecule has 3 heterocycles. The second kappa shape index (κ2) is 6.00. The van der Waals surface area contributed by atoms with Gasteiger partial charge in [0, 0.05) is 11.9 Å². The van der Waals surface area contributed by atoms with Gasteiger partial charge in [-0.2, -0.15) is 0 Å². The SMILES string of the molecule is Cc1nc(C(=O)N2CC3(CN(C(=O)OC(C)(C)C)CCO3)C2)cs1. The molecule has 1 aromatic rings. The first-order chi connectivity index (χ1) is 11.2. The van der Waals surface area contributed by atoms with Crippen LogP contribution in [0.4, 0.5) is 4.79 Å². The molecule has 2 amide bonds. The zero-order chi connectivity index (χ0) is 17.5. The number of carbonyl (C=O) groups excluding carboxylic acids is 2. The van der Waals surface area contributed by atoms with Crippen molar-refractivity contribution in [3.63, 3.8) is 0 Å². The van der Waals surface area contributed by atoms with E-state index in [1.165, 1.54) is 11.3 Å². The summed E-state index contributed by atoms with van der Waals surface area (Å²) >= 11 is 1.46. The molecule has 0 saturated carbocycles. The highest BCUT2D eigenvalue weighted by molar-refractivity contribution is 7.09. The third kappa shape index (κ3) is 3.54. The predicted octanol–water partition coefficient (Wildman–Crippen LogP) is 1.91. The Morgan fingerprint density at radius 2 is 1.96 bits per heavy atom. The number of nitrogens with zero attached hydrogens (tertiary/aromatic N) is 3. The van der Waals surface area contributed by atoms with Crippen LogP contribution in [0.3, 0.4) is 0 Å². The molecule has 0 bridgehead atoms. The lowest BCUT2D eigenvalue weighted by atomic mass is 9.91. The van der Waals surface area contributed by atoms with E-state index in [4.69, 9.17) is 9.47 Å². The molecule has 8 heteroatoms. The minimum absolute atomic E-state index is 0.0806. The molecule has 1 spiro atoms. The maximum absolute atomic E-state index is 12.4. The quantitative estimate of drug-likeness (QED) is 0.771. The molecule has 0 unspecified atom stereocenters. The Morgan fingerprint density at radius 1 is 1.29 bits per heavy atom. The largest absolute Gasteiger partial charge is 0.444 e. The summed E-state index contributed by atoms with van der Waals surface area (Å²) in [5.74, 6) is -0.0806. The molecule has 2 fully saturated rings. The summed E-state index contributed by atoms with van der Waals surface area (Å²) in [6, 6.07) is 0. The summed E-state index contributed by atoms with van der Waals surface area (Å²) < 4.78 is 11.3. The zero-order valence-electron chi connectivity index (χ0n) is 14.5. The van der Waals surface area contributed by atoms with Gasteiger partial charge >= 0.3 is 6.09 Å². The predicted molar refractivity (Wildman–Crippen MR) is 89.2 cm³/mol. The Balaban J connectivity index is 1.58. The number of amides is 2. The first-order valence-corrected chi connectivity index (χ1v) is 8.89. The lowest BCUT2D eigenvalue weighted by Crippen LogP contribution is -2.71. The third-order valence-electron chi connectivity index (χ3n) is 3.98. The van der Waals surface area contributed by atoms with Gasteiger partial charge in [-0.3, -0.25) is 4.79 Å². The monoisotopic (exact) mass is 353 g/mol. The van der Waals surface area contributed by atoms with Crippen molar-refractivity contribution >= 4 is 23.3 Å². The fraction of sp³-hybridized carbons (Fsp3) is 0.688. The fourth-order valence-electron chi connectivity index (χ4n) is 2.94. The van der Waals surface area contributed by atoms with Gasteiger partial charge in [-0.25, -0.2) is 9.78 Å². The second-order valence-corrected chi connectivity index (χ2v) is 8.41. The summed E-state index contributed by atoms with van der Waals surface area (Å²) in [6.45, 7) is 9.78. The molecule has 132 valence electrons. The van der Waals surface area contributed by atoms with E-state index in [0.717, 1.165) is 5.01 Å². The van der Waals surface area contributed by atoms with Gasteiger partial charge in [0.1, 0.15) is 16.9 Å². The molecule has 1 aromatic heterocycles. The second-order valence-electron chi connectivity index (χ2n) is 7.35.